The molecule has 2 atom stereocenters. The van der Waals surface area contributed by atoms with Gasteiger partial charge < -0.3 is 10.8 Å². The van der Waals surface area contributed by atoms with Crippen LogP contribution in [-0.2, 0) is 0 Å². The molecule has 1 aromatic rings. The van der Waals surface area contributed by atoms with E-state index in [1.54, 1.807) is 12.1 Å². The van der Waals surface area contributed by atoms with E-state index in [1.807, 2.05) is 19.9 Å². The van der Waals surface area contributed by atoms with Crippen molar-refractivity contribution in [3.05, 3.63) is 33.3 Å². The van der Waals surface area contributed by atoms with E-state index in [4.69, 9.17) is 17.3 Å². The molecule has 0 aliphatic heterocycles. The van der Waals surface area contributed by atoms with Crippen molar-refractivity contribution in [3.8, 4) is 0 Å². The monoisotopic (exact) mass is 291 g/mol. The van der Waals surface area contributed by atoms with E-state index < -0.39 is 6.10 Å². The summed E-state index contributed by atoms with van der Waals surface area (Å²) in [5.41, 5.74) is 6.64. The van der Waals surface area contributed by atoms with Crippen molar-refractivity contribution in [3.63, 3.8) is 0 Å². The summed E-state index contributed by atoms with van der Waals surface area (Å²) >= 11 is 9.25. The number of aliphatic hydroxyl groups is 1. The predicted octanol–water partition coefficient (Wildman–Crippen LogP) is 3.12. The van der Waals surface area contributed by atoms with E-state index in [1.165, 1.54) is 0 Å². The van der Waals surface area contributed by atoms with Crippen molar-refractivity contribution in [1.82, 2.24) is 0 Å². The summed E-state index contributed by atoms with van der Waals surface area (Å²) in [5.74, 6) is 0.214. The Kier molecular flexibility index (Phi) is 4.59. The quantitative estimate of drug-likeness (QED) is 0.899. The first-order valence-corrected chi connectivity index (χ1v) is 5.99. The Morgan fingerprint density at radius 3 is 2.53 bits per heavy atom. The normalized spacial score (nSPS) is 15.4. The number of aliphatic hydroxyl groups excluding tert-OH is 1. The van der Waals surface area contributed by atoms with Gasteiger partial charge in [-0.2, -0.15) is 0 Å². The second kappa shape index (κ2) is 5.30. The van der Waals surface area contributed by atoms with Gasteiger partial charge in [0.1, 0.15) is 0 Å². The minimum absolute atomic E-state index is 0.214. The number of nitrogens with two attached hydrogens (primary N) is 1. The summed E-state index contributed by atoms with van der Waals surface area (Å²) in [6.45, 7) is 3.96. The molecule has 0 aromatic heterocycles. The van der Waals surface area contributed by atoms with Crippen molar-refractivity contribution >= 4 is 27.5 Å². The Morgan fingerprint density at radius 1 is 1.40 bits per heavy atom. The smallest absolute Gasteiger partial charge is 0.0954 e. The third-order valence-electron chi connectivity index (χ3n) is 2.41. The molecule has 0 aliphatic rings. The molecule has 0 saturated carbocycles. The Bertz CT molecular complexity index is 343. The second-order valence-electron chi connectivity index (χ2n) is 3.93. The van der Waals surface area contributed by atoms with E-state index >= 15 is 0 Å². The number of halogens is 2. The average molecular weight is 293 g/mol. The average Bonchev–Trinajstić information content (AvgIpc) is 2.19. The van der Waals surface area contributed by atoms with Crippen LogP contribution in [0.5, 0.6) is 0 Å². The van der Waals surface area contributed by atoms with Gasteiger partial charge in [0.2, 0.25) is 0 Å². The second-order valence-corrected chi connectivity index (χ2v) is 5.22. The summed E-state index contributed by atoms with van der Waals surface area (Å²) in [4.78, 5) is 0. The molecular formula is C11H15BrClNO. The maximum Gasteiger partial charge on any atom is 0.0954 e. The maximum atomic E-state index is 10.1. The molecule has 0 saturated heterocycles. The molecule has 0 radical (unpaired) electrons. The number of rotatable bonds is 3. The molecule has 0 aliphatic carbocycles. The van der Waals surface area contributed by atoms with Gasteiger partial charge in [0.05, 0.1) is 6.10 Å². The fourth-order valence-corrected chi connectivity index (χ4v) is 1.97. The molecule has 2 unspecified atom stereocenters. The van der Waals surface area contributed by atoms with Crippen LogP contribution in [0.25, 0.3) is 0 Å². The predicted molar refractivity (Wildman–Crippen MR) is 66.9 cm³/mol. The zero-order chi connectivity index (χ0) is 11.6. The Morgan fingerprint density at radius 2 is 2.00 bits per heavy atom. The minimum Gasteiger partial charge on any atom is -0.387 e. The third-order valence-corrected chi connectivity index (χ3v) is 3.37. The molecule has 2 nitrogen and oxygen atoms in total. The zero-order valence-corrected chi connectivity index (χ0v) is 11.1. The van der Waals surface area contributed by atoms with Crippen molar-refractivity contribution < 1.29 is 5.11 Å². The van der Waals surface area contributed by atoms with Gasteiger partial charge in [0.15, 0.2) is 0 Å². The van der Waals surface area contributed by atoms with Crippen LogP contribution >= 0.6 is 27.5 Å². The highest BCUT2D eigenvalue weighted by Crippen LogP contribution is 2.29. The van der Waals surface area contributed by atoms with Crippen molar-refractivity contribution in [2.75, 3.05) is 0 Å². The highest BCUT2D eigenvalue weighted by molar-refractivity contribution is 9.10. The fourth-order valence-electron chi connectivity index (χ4n) is 1.31. The summed E-state index contributed by atoms with van der Waals surface area (Å²) in [6.07, 6.45) is -0.696. The van der Waals surface area contributed by atoms with Gasteiger partial charge in [-0.3, -0.25) is 0 Å². The van der Waals surface area contributed by atoms with Crippen molar-refractivity contribution in [2.45, 2.75) is 26.0 Å². The molecule has 84 valence electrons. The molecule has 4 heteroatoms. The van der Waals surface area contributed by atoms with Gasteiger partial charge >= 0.3 is 0 Å². The van der Waals surface area contributed by atoms with Gasteiger partial charge in [-0.1, -0.05) is 41.4 Å². The summed E-state index contributed by atoms with van der Waals surface area (Å²) in [7, 11) is 0. The van der Waals surface area contributed by atoms with Crippen LogP contribution in [0.4, 0.5) is 0 Å². The lowest BCUT2D eigenvalue weighted by atomic mass is 9.94. The molecule has 0 amide bonds. The number of hydrogen-bond acceptors (Lipinski definition) is 2. The zero-order valence-electron chi connectivity index (χ0n) is 8.74. The molecule has 1 aromatic carbocycles. The van der Waals surface area contributed by atoms with E-state index in [-0.39, 0.29) is 12.0 Å². The third kappa shape index (κ3) is 3.18. The first-order valence-electron chi connectivity index (χ1n) is 4.82. The van der Waals surface area contributed by atoms with E-state index in [0.717, 1.165) is 10.0 Å². The molecular weight excluding hydrogens is 277 g/mol. The molecule has 0 heterocycles. The first-order chi connectivity index (χ1) is 6.93. The van der Waals surface area contributed by atoms with Gasteiger partial charge in [0, 0.05) is 15.5 Å². The van der Waals surface area contributed by atoms with E-state index in [0.29, 0.717) is 5.02 Å². The van der Waals surface area contributed by atoms with Crippen molar-refractivity contribution in [1.29, 1.82) is 0 Å². The summed E-state index contributed by atoms with van der Waals surface area (Å²) < 4.78 is 0.829. The highest BCUT2D eigenvalue weighted by atomic mass is 79.9. The summed E-state index contributed by atoms with van der Waals surface area (Å²) in [6, 6.07) is 5.02. The lowest BCUT2D eigenvalue weighted by Crippen LogP contribution is -2.33. The topological polar surface area (TPSA) is 46.2 Å². The Hall–Kier alpha value is -0.0900. The van der Waals surface area contributed by atoms with Gasteiger partial charge in [-0.05, 0) is 29.7 Å². The van der Waals surface area contributed by atoms with Crippen LogP contribution in [0.3, 0.4) is 0 Å². The molecule has 1 rings (SSSR count). The first kappa shape index (κ1) is 13.0. The van der Waals surface area contributed by atoms with Crippen LogP contribution in [0.2, 0.25) is 5.02 Å². The fraction of sp³-hybridized carbons (Fsp3) is 0.455. The highest BCUT2D eigenvalue weighted by Gasteiger charge is 2.22. The van der Waals surface area contributed by atoms with Crippen LogP contribution in [-0.4, -0.2) is 11.1 Å². The lowest BCUT2D eigenvalue weighted by Gasteiger charge is -2.23. The van der Waals surface area contributed by atoms with Crippen LogP contribution in [0.1, 0.15) is 25.5 Å². The summed E-state index contributed by atoms with van der Waals surface area (Å²) in [5, 5.41) is 10.7. The standard InChI is InChI=1S/C11H15BrClNO/c1-6(2)10(14)11(15)8-5-7(13)3-4-9(8)12/h3-6,10-11,15H,14H2,1-2H3. The SMILES string of the molecule is CC(C)C(N)C(O)c1cc(Cl)ccc1Br. The Labute approximate surface area is 104 Å². The number of benzene rings is 1. The van der Waals surface area contributed by atoms with Crippen LogP contribution in [0, 0.1) is 5.92 Å². The van der Waals surface area contributed by atoms with E-state index in [9.17, 15) is 5.11 Å². The molecule has 0 fully saturated rings. The maximum absolute atomic E-state index is 10.1. The molecule has 3 N–H and O–H groups in total. The Balaban J connectivity index is 2.99. The van der Waals surface area contributed by atoms with Crippen LogP contribution < -0.4 is 5.73 Å². The largest absolute Gasteiger partial charge is 0.387 e. The van der Waals surface area contributed by atoms with Crippen molar-refractivity contribution in [2.24, 2.45) is 11.7 Å². The molecule has 0 spiro atoms. The number of hydrogen-bond donors (Lipinski definition) is 2. The van der Waals surface area contributed by atoms with E-state index in [2.05, 4.69) is 15.9 Å². The molecule has 0 bridgehead atoms. The van der Waals surface area contributed by atoms with Crippen LogP contribution in [0.15, 0.2) is 22.7 Å². The minimum atomic E-state index is -0.696. The van der Waals surface area contributed by atoms with Gasteiger partial charge in [0.25, 0.3) is 0 Å². The lowest BCUT2D eigenvalue weighted by molar-refractivity contribution is 0.125. The van der Waals surface area contributed by atoms with Gasteiger partial charge in [-0.25, -0.2) is 0 Å². The molecule has 15 heavy (non-hydrogen) atoms. The van der Waals surface area contributed by atoms with Gasteiger partial charge in [-0.15, -0.1) is 0 Å².